The second-order valence-electron chi connectivity index (χ2n) is 5.54. The first-order valence-corrected chi connectivity index (χ1v) is 7.06. The zero-order chi connectivity index (χ0) is 11.4. The summed E-state index contributed by atoms with van der Waals surface area (Å²) in [5.41, 5.74) is 0. The molecule has 2 aliphatic rings. The predicted octanol–water partition coefficient (Wildman–Crippen LogP) is 3.74. The topological polar surface area (TPSA) is 18.5 Å². The lowest BCUT2D eigenvalue weighted by molar-refractivity contribution is -0.235. The van der Waals surface area contributed by atoms with Gasteiger partial charge in [-0.25, -0.2) is 0 Å². The highest BCUT2D eigenvalue weighted by Crippen LogP contribution is 2.35. The van der Waals surface area contributed by atoms with E-state index in [4.69, 9.17) is 9.47 Å². The van der Waals surface area contributed by atoms with E-state index in [2.05, 4.69) is 13.8 Å². The number of rotatable bonds is 3. The van der Waals surface area contributed by atoms with Crippen molar-refractivity contribution in [2.24, 2.45) is 11.8 Å². The van der Waals surface area contributed by atoms with E-state index >= 15 is 0 Å². The number of hydrogen-bond acceptors (Lipinski definition) is 2. The third-order valence-electron chi connectivity index (χ3n) is 4.15. The molecule has 0 N–H and O–H groups in total. The van der Waals surface area contributed by atoms with E-state index in [1.54, 1.807) is 0 Å². The summed E-state index contributed by atoms with van der Waals surface area (Å²) in [7, 11) is 0. The number of hydrogen-bond donors (Lipinski definition) is 0. The zero-order valence-corrected chi connectivity index (χ0v) is 10.8. The fourth-order valence-corrected chi connectivity index (χ4v) is 3.09. The first-order chi connectivity index (χ1) is 7.79. The molecule has 2 heteroatoms. The smallest absolute Gasteiger partial charge is 0.160 e. The second-order valence-corrected chi connectivity index (χ2v) is 5.54. The van der Waals surface area contributed by atoms with Gasteiger partial charge in [0.1, 0.15) is 0 Å². The Bertz CT molecular complexity index is 197. The first-order valence-electron chi connectivity index (χ1n) is 7.06. The summed E-state index contributed by atoms with van der Waals surface area (Å²) in [6.07, 6.45) is 9.69. The normalized spacial score (nSPS) is 40.9. The summed E-state index contributed by atoms with van der Waals surface area (Å²) in [6.45, 7) is 5.35. The molecule has 2 rings (SSSR count). The standard InChI is InChI=1S/C14H26O2/c1-3-4-12-5-7-13(8-6-12)14-15-10-9-11(2)16-14/h11-14H,3-10H2,1-2H3/t11?,12-,13-,14?. The number of ether oxygens (including phenoxy) is 2. The van der Waals surface area contributed by atoms with Crippen LogP contribution >= 0.6 is 0 Å². The molecule has 94 valence electrons. The summed E-state index contributed by atoms with van der Waals surface area (Å²) >= 11 is 0. The summed E-state index contributed by atoms with van der Waals surface area (Å²) in [5, 5.41) is 0. The van der Waals surface area contributed by atoms with Gasteiger partial charge in [-0.1, -0.05) is 19.8 Å². The van der Waals surface area contributed by atoms with Crippen LogP contribution in [0.1, 0.15) is 58.8 Å². The Balaban J connectivity index is 1.75. The minimum Gasteiger partial charge on any atom is -0.352 e. The molecule has 0 amide bonds. The molecular formula is C14H26O2. The lowest BCUT2D eigenvalue weighted by Crippen LogP contribution is -2.37. The molecule has 1 aliphatic carbocycles. The molecule has 0 radical (unpaired) electrons. The third kappa shape index (κ3) is 3.21. The molecule has 0 bridgehead atoms. The first kappa shape index (κ1) is 12.4. The lowest BCUT2D eigenvalue weighted by atomic mass is 9.79. The molecule has 2 fully saturated rings. The maximum absolute atomic E-state index is 5.90. The Morgan fingerprint density at radius 3 is 2.44 bits per heavy atom. The molecule has 0 spiro atoms. The van der Waals surface area contributed by atoms with Crippen LogP contribution in [-0.2, 0) is 9.47 Å². The Morgan fingerprint density at radius 1 is 1.06 bits per heavy atom. The molecule has 0 aromatic carbocycles. The SMILES string of the molecule is CCC[C@H]1CC[C@H](C2OCCC(C)O2)CC1. The summed E-state index contributed by atoms with van der Waals surface area (Å²) < 4.78 is 11.7. The molecule has 1 saturated heterocycles. The molecule has 2 atom stereocenters. The Labute approximate surface area is 99.7 Å². The van der Waals surface area contributed by atoms with Crippen molar-refractivity contribution in [1.82, 2.24) is 0 Å². The molecule has 1 aliphatic heterocycles. The van der Waals surface area contributed by atoms with Gasteiger partial charge in [-0.3, -0.25) is 0 Å². The fraction of sp³-hybridized carbons (Fsp3) is 1.00. The van der Waals surface area contributed by atoms with Crippen LogP contribution in [0, 0.1) is 11.8 Å². The summed E-state index contributed by atoms with van der Waals surface area (Å²) in [4.78, 5) is 0. The van der Waals surface area contributed by atoms with Crippen LogP contribution in [0.4, 0.5) is 0 Å². The van der Waals surface area contributed by atoms with Gasteiger partial charge in [-0.15, -0.1) is 0 Å². The van der Waals surface area contributed by atoms with Gasteiger partial charge in [0.05, 0.1) is 12.7 Å². The lowest BCUT2D eigenvalue weighted by Gasteiger charge is -2.37. The van der Waals surface area contributed by atoms with Crippen LogP contribution in [0.25, 0.3) is 0 Å². The van der Waals surface area contributed by atoms with E-state index in [0.717, 1.165) is 18.9 Å². The molecule has 1 saturated carbocycles. The quantitative estimate of drug-likeness (QED) is 0.729. The fourth-order valence-electron chi connectivity index (χ4n) is 3.09. The van der Waals surface area contributed by atoms with Crippen LogP contribution in [0.5, 0.6) is 0 Å². The Hall–Kier alpha value is -0.0800. The largest absolute Gasteiger partial charge is 0.352 e. The van der Waals surface area contributed by atoms with Crippen molar-refractivity contribution >= 4 is 0 Å². The Morgan fingerprint density at radius 2 is 1.81 bits per heavy atom. The maximum Gasteiger partial charge on any atom is 0.160 e. The van der Waals surface area contributed by atoms with Crippen LogP contribution in [0.15, 0.2) is 0 Å². The van der Waals surface area contributed by atoms with Crippen molar-refractivity contribution in [2.45, 2.75) is 71.2 Å². The van der Waals surface area contributed by atoms with E-state index in [1.165, 1.54) is 38.5 Å². The van der Waals surface area contributed by atoms with Gasteiger partial charge in [0.25, 0.3) is 0 Å². The van der Waals surface area contributed by atoms with Crippen molar-refractivity contribution in [3.05, 3.63) is 0 Å². The minimum atomic E-state index is 0.103. The van der Waals surface area contributed by atoms with Gasteiger partial charge < -0.3 is 9.47 Å². The van der Waals surface area contributed by atoms with Gasteiger partial charge >= 0.3 is 0 Å². The average Bonchev–Trinajstić information content (AvgIpc) is 2.30. The van der Waals surface area contributed by atoms with E-state index < -0.39 is 0 Å². The van der Waals surface area contributed by atoms with Crippen molar-refractivity contribution in [2.75, 3.05) is 6.61 Å². The van der Waals surface area contributed by atoms with Crippen LogP contribution in [-0.4, -0.2) is 19.0 Å². The maximum atomic E-state index is 5.90. The zero-order valence-electron chi connectivity index (χ0n) is 10.8. The van der Waals surface area contributed by atoms with Crippen LogP contribution in [0.3, 0.4) is 0 Å². The van der Waals surface area contributed by atoms with Gasteiger partial charge in [-0.2, -0.15) is 0 Å². The molecule has 16 heavy (non-hydrogen) atoms. The second kappa shape index (κ2) is 6.02. The van der Waals surface area contributed by atoms with Crippen molar-refractivity contribution < 1.29 is 9.47 Å². The van der Waals surface area contributed by atoms with Crippen molar-refractivity contribution in [1.29, 1.82) is 0 Å². The Kier molecular flexibility index (Phi) is 4.66. The minimum absolute atomic E-state index is 0.103. The molecule has 1 heterocycles. The summed E-state index contributed by atoms with van der Waals surface area (Å²) in [6, 6.07) is 0. The van der Waals surface area contributed by atoms with Gasteiger partial charge in [0.15, 0.2) is 6.29 Å². The predicted molar refractivity (Wildman–Crippen MR) is 65.3 cm³/mol. The molecule has 2 unspecified atom stereocenters. The average molecular weight is 226 g/mol. The summed E-state index contributed by atoms with van der Waals surface area (Å²) in [5.74, 6) is 1.64. The highest BCUT2D eigenvalue weighted by molar-refractivity contribution is 4.76. The third-order valence-corrected chi connectivity index (χ3v) is 4.15. The van der Waals surface area contributed by atoms with E-state index in [1.807, 2.05) is 0 Å². The van der Waals surface area contributed by atoms with Crippen LogP contribution < -0.4 is 0 Å². The molecular weight excluding hydrogens is 200 g/mol. The molecule has 0 aromatic heterocycles. The van der Waals surface area contributed by atoms with Gasteiger partial charge in [-0.05, 0) is 44.9 Å². The van der Waals surface area contributed by atoms with Gasteiger partial charge in [0.2, 0.25) is 0 Å². The van der Waals surface area contributed by atoms with E-state index in [9.17, 15) is 0 Å². The molecule has 0 aromatic rings. The van der Waals surface area contributed by atoms with E-state index in [0.29, 0.717) is 12.0 Å². The van der Waals surface area contributed by atoms with E-state index in [-0.39, 0.29) is 6.29 Å². The highest BCUT2D eigenvalue weighted by atomic mass is 16.7. The highest BCUT2D eigenvalue weighted by Gasteiger charge is 2.31. The monoisotopic (exact) mass is 226 g/mol. The van der Waals surface area contributed by atoms with Crippen molar-refractivity contribution in [3.63, 3.8) is 0 Å². The van der Waals surface area contributed by atoms with Crippen molar-refractivity contribution in [3.8, 4) is 0 Å². The molecule has 2 nitrogen and oxygen atoms in total. The van der Waals surface area contributed by atoms with Crippen LogP contribution in [0.2, 0.25) is 0 Å². The van der Waals surface area contributed by atoms with Gasteiger partial charge in [0, 0.05) is 5.92 Å².